The fourth-order valence-electron chi connectivity index (χ4n) is 2.66. The van der Waals surface area contributed by atoms with Crippen molar-refractivity contribution < 1.29 is 0 Å². The summed E-state index contributed by atoms with van der Waals surface area (Å²) in [7, 11) is 4.22. The molecule has 0 radical (unpaired) electrons. The Bertz CT molecular complexity index is 572. The Kier molecular flexibility index (Phi) is 4.71. The Hall–Kier alpha value is -1.06. The van der Waals surface area contributed by atoms with Gasteiger partial charge in [-0.1, -0.05) is 26.0 Å². The van der Waals surface area contributed by atoms with Crippen LogP contribution in [0.3, 0.4) is 0 Å². The Labute approximate surface area is 126 Å². The van der Waals surface area contributed by atoms with Gasteiger partial charge in [-0.2, -0.15) is 0 Å². The van der Waals surface area contributed by atoms with Gasteiger partial charge in [-0.15, -0.1) is 11.6 Å². The number of benzene rings is 1. The van der Waals surface area contributed by atoms with Gasteiger partial charge in [0.05, 0.1) is 22.5 Å². The summed E-state index contributed by atoms with van der Waals surface area (Å²) < 4.78 is 2.33. The molecule has 2 aromatic rings. The van der Waals surface area contributed by atoms with Gasteiger partial charge in [-0.25, -0.2) is 4.98 Å². The Morgan fingerprint density at radius 1 is 1.20 bits per heavy atom. The maximum absolute atomic E-state index is 6.37. The van der Waals surface area contributed by atoms with Crippen molar-refractivity contribution in [1.29, 1.82) is 0 Å². The van der Waals surface area contributed by atoms with E-state index in [0.717, 1.165) is 17.9 Å². The molecule has 1 aromatic heterocycles. The molecule has 0 aliphatic rings. The van der Waals surface area contributed by atoms with Gasteiger partial charge < -0.3 is 9.47 Å². The molecule has 2 atom stereocenters. The van der Waals surface area contributed by atoms with E-state index in [1.807, 2.05) is 13.0 Å². The van der Waals surface area contributed by atoms with E-state index < -0.39 is 0 Å². The number of hydrogen-bond acceptors (Lipinski definition) is 2. The number of alkyl halides is 1. The zero-order valence-electron chi connectivity index (χ0n) is 13.0. The lowest BCUT2D eigenvalue weighted by Gasteiger charge is -2.28. The van der Waals surface area contributed by atoms with Crippen LogP contribution in [0.1, 0.15) is 38.0 Å². The standard InChI is InChI=1S/C16H24ClN3/c1-11(2)15(10-19(4)5)20-14-9-7-6-8-13(14)18-16(20)12(3)17/h6-9,11-12,15H,10H2,1-5H3. The molecular weight excluding hydrogens is 270 g/mol. The van der Waals surface area contributed by atoms with Gasteiger partial charge >= 0.3 is 0 Å². The number of nitrogens with zero attached hydrogens (tertiary/aromatic N) is 3. The second kappa shape index (κ2) is 6.15. The van der Waals surface area contributed by atoms with Gasteiger partial charge in [0.2, 0.25) is 0 Å². The van der Waals surface area contributed by atoms with E-state index in [0.29, 0.717) is 12.0 Å². The lowest BCUT2D eigenvalue weighted by atomic mass is 10.0. The van der Waals surface area contributed by atoms with Crippen molar-refractivity contribution in [2.45, 2.75) is 32.2 Å². The smallest absolute Gasteiger partial charge is 0.128 e. The van der Waals surface area contributed by atoms with E-state index in [9.17, 15) is 0 Å². The minimum absolute atomic E-state index is 0.0918. The molecule has 2 rings (SSSR count). The van der Waals surface area contributed by atoms with Crippen molar-refractivity contribution in [2.24, 2.45) is 5.92 Å². The molecule has 3 nitrogen and oxygen atoms in total. The molecule has 0 aliphatic carbocycles. The number of imidazole rings is 1. The third-order valence-electron chi connectivity index (χ3n) is 3.63. The molecular formula is C16H24ClN3. The van der Waals surface area contributed by atoms with Crippen LogP contribution in [0.4, 0.5) is 0 Å². The molecule has 4 heteroatoms. The first-order valence-electron chi connectivity index (χ1n) is 7.17. The van der Waals surface area contributed by atoms with Gasteiger partial charge in [0, 0.05) is 6.54 Å². The van der Waals surface area contributed by atoms with Gasteiger partial charge in [0.1, 0.15) is 5.82 Å². The molecule has 0 fully saturated rings. The van der Waals surface area contributed by atoms with Crippen LogP contribution in [0.5, 0.6) is 0 Å². The lowest BCUT2D eigenvalue weighted by Crippen LogP contribution is -2.29. The Balaban J connectivity index is 2.62. The zero-order chi connectivity index (χ0) is 14.9. The van der Waals surface area contributed by atoms with Crippen LogP contribution in [-0.2, 0) is 0 Å². The number of hydrogen-bond donors (Lipinski definition) is 0. The van der Waals surface area contributed by atoms with E-state index in [1.54, 1.807) is 0 Å². The highest BCUT2D eigenvalue weighted by molar-refractivity contribution is 6.20. The summed E-state index contributed by atoms with van der Waals surface area (Å²) in [6.45, 7) is 7.48. The predicted octanol–water partition coefficient (Wildman–Crippen LogP) is 4.09. The molecule has 1 heterocycles. The van der Waals surface area contributed by atoms with Gasteiger partial charge in [0.15, 0.2) is 0 Å². The Morgan fingerprint density at radius 3 is 2.40 bits per heavy atom. The maximum Gasteiger partial charge on any atom is 0.128 e. The zero-order valence-corrected chi connectivity index (χ0v) is 13.7. The summed E-state index contributed by atoms with van der Waals surface area (Å²) in [4.78, 5) is 6.96. The first kappa shape index (κ1) is 15.3. The van der Waals surface area contributed by atoms with Crippen molar-refractivity contribution in [3.8, 4) is 0 Å². The summed E-state index contributed by atoms with van der Waals surface area (Å²) in [5, 5.41) is -0.0918. The van der Waals surface area contributed by atoms with Crippen LogP contribution in [0.15, 0.2) is 24.3 Å². The minimum Gasteiger partial charge on any atom is -0.322 e. The van der Waals surface area contributed by atoms with E-state index in [1.165, 1.54) is 5.52 Å². The molecule has 0 bridgehead atoms. The second-order valence-electron chi connectivity index (χ2n) is 6.02. The van der Waals surface area contributed by atoms with Gasteiger partial charge in [-0.05, 0) is 39.1 Å². The molecule has 0 saturated heterocycles. The average Bonchev–Trinajstić information content (AvgIpc) is 2.74. The fraction of sp³-hybridized carbons (Fsp3) is 0.562. The van der Waals surface area contributed by atoms with Crippen molar-refractivity contribution >= 4 is 22.6 Å². The molecule has 0 amide bonds. The maximum atomic E-state index is 6.37. The third kappa shape index (κ3) is 2.99. The Morgan fingerprint density at radius 2 is 1.85 bits per heavy atom. The summed E-state index contributed by atoms with van der Waals surface area (Å²) in [6, 6.07) is 8.65. The highest BCUT2D eigenvalue weighted by atomic mass is 35.5. The van der Waals surface area contributed by atoms with Crippen LogP contribution in [0.25, 0.3) is 11.0 Å². The normalized spacial score (nSPS) is 15.2. The van der Waals surface area contributed by atoms with Crippen molar-refractivity contribution in [3.63, 3.8) is 0 Å². The van der Waals surface area contributed by atoms with Crippen LogP contribution < -0.4 is 0 Å². The number of likely N-dealkylation sites (N-methyl/N-ethyl adjacent to an activating group) is 1. The van der Waals surface area contributed by atoms with Crippen LogP contribution in [0, 0.1) is 5.92 Å². The largest absolute Gasteiger partial charge is 0.322 e. The molecule has 0 N–H and O–H groups in total. The summed E-state index contributed by atoms with van der Waals surface area (Å²) in [5.41, 5.74) is 2.20. The molecule has 0 aliphatic heterocycles. The molecule has 1 aromatic carbocycles. The molecule has 0 spiro atoms. The van der Waals surface area contributed by atoms with E-state index in [4.69, 9.17) is 16.6 Å². The van der Waals surface area contributed by atoms with Crippen LogP contribution in [-0.4, -0.2) is 35.1 Å². The SMILES string of the molecule is CC(Cl)c1nc2ccccc2n1C(CN(C)C)C(C)C. The third-order valence-corrected chi connectivity index (χ3v) is 3.83. The fourth-order valence-corrected chi connectivity index (χ4v) is 2.81. The van der Waals surface area contributed by atoms with Crippen LogP contribution >= 0.6 is 11.6 Å². The number of para-hydroxylation sites is 2. The number of aromatic nitrogens is 2. The van der Waals surface area contributed by atoms with E-state index in [-0.39, 0.29) is 5.38 Å². The average molecular weight is 294 g/mol. The lowest BCUT2D eigenvalue weighted by molar-refractivity contribution is 0.269. The summed E-state index contributed by atoms with van der Waals surface area (Å²) in [6.07, 6.45) is 0. The number of halogens is 1. The topological polar surface area (TPSA) is 21.1 Å². The van der Waals surface area contributed by atoms with E-state index in [2.05, 4.69) is 55.6 Å². The second-order valence-corrected chi connectivity index (χ2v) is 6.67. The molecule has 110 valence electrons. The number of rotatable bonds is 5. The van der Waals surface area contributed by atoms with Crippen molar-refractivity contribution in [3.05, 3.63) is 30.1 Å². The van der Waals surface area contributed by atoms with Crippen LogP contribution in [0.2, 0.25) is 0 Å². The molecule has 2 unspecified atom stereocenters. The van der Waals surface area contributed by atoms with E-state index >= 15 is 0 Å². The monoisotopic (exact) mass is 293 g/mol. The summed E-state index contributed by atoms with van der Waals surface area (Å²) >= 11 is 6.37. The molecule has 0 saturated carbocycles. The highest BCUT2D eigenvalue weighted by Gasteiger charge is 2.24. The summed E-state index contributed by atoms with van der Waals surface area (Å²) in [5.74, 6) is 1.48. The number of fused-ring (bicyclic) bond motifs is 1. The van der Waals surface area contributed by atoms with Crippen molar-refractivity contribution in [2.75, 3.05) is 20.6 Å². The predicted molar refractivity (Wildman–Crippen MR) is 86.4 cm³/mol. The minimum atomic E-state index is -0.0918. The molecule has 20 heavy (non-hydrogen) atoms. The first-order valence-corrected chi connectivity index (χ1v) is 7.61. The highest BCUT2D eigenvalue weighted by Crippen LogP contribution is 2.31. The first-order chi connectivity index (χ1) is 9.41. The van der Waals surface area contributed by atoms with Crippen molar-refractivity contribution in [1.82, 2.24) is 14.5 Å². The quantitative estimate of drug-likeness (QED) is 0.774. The van der Waals surface area contributed by atoms with Gasteiger partial charge in [0.25, 0.3) is 0 Å². The van der Waals surface area contributed by atoms with Gasteiger partial charge in [-0.3, -0.25) is 0 Å².